The Kier molecular flexibility index (Phi) is 5.39. The molecule has 112 valence electrons. The monoisotopic (exact) mass is 369 g/mol. The van der Waals surface area contributed by atoms with Crippen molar-refractivity contribution in [3.05, 3.63) is 64.1 Å². The fourth-order valence-corrected chi connectivity index (χ4v) is 2.69. The molecule has 0 spiro atoms. The first-order valence-corrected chi connectivity index (χ1v) is 11.6. The summed E-state index contributed by atoms with van der Waals surface area (Å²) < 4.78 is 1.04. The van der Waals surface area contributed by atoms with E-state index in [1.807, 2.05) is 24.3 Å². The second-order valence-corrected chi connectivity index (χ2v) is 12.0. The topological polar surface area (TPSA) is 12.4 Å². The molecule has 1 nitrogen and oxygen atoms in total. The number of benzene rings is 2. The summed E-state index contributed by atoms with van der Waals surface area (Å²) in [6, 6.07) is 16.3. The summed E-state index contributed by atoms with van der Waals surface area (Å²) >= 11 is 3.52. The molecule has 3 heteroatoms. The Bertz CT molecular complexity index is 743. The molecule has 0 saturated carbocycles. The van der Waals surface area contributed by atoms with Crippen LogP contribution in [-0.4, -0.2) is 13.8 Å². The van der Waals surface area contributed by atoms with Crippen molar-refractivity contribution in [2.24, 2.45) is 4.99 Å². The molecule has 0 amide bonds. The van der Waals surface area contributed by atoms with Crippen molar-refractivity contribution >= 4 is 35.4 Å². The molecule has 0 N–H and O–H groups in total. The van der Waals surface area contributed by atoms with Gasteiger partial charge >= 0.3 is 0 Å². The molecule has 22 heavy (non-hydrogen) atoms. The smallest absolute Gasteiger partial charge is 0.129 e. The van der Waals surface area contributed by atoms with E-state index < -0.39 is 8.07 Å². The van der Waals surface area contributed by atoms with E-state index in [2.05, 4.69) is 78.2 Å². The number of nitrogens with zero attached hydrogens (tertiary/aromatic N) is 1. The van der Waals surface area contributed by atoms with Gasteiger partial charge in [0.15, 0.2) is 0 Å². The molecule has 0 aliphatic heterocycles. The number of hydrogen-bond donors (Lipinski definition) is 0. The van der Waals surface area contributed by atoms with Crippen molar-refractivity contribution in [2.45, 2.75) is 26.6 Å². The van der Waals surface area contributed by atoms with Gasteiger partial charge in [-0.15, -0.1) is 5.54 Å². The Morgan fingerprint density at radius 1 is 1.05 bits per heavy atom. The molecule has 0 aromatic heterocycles. The van der Waals surface area contributed by atoms with Crippen molar-refractivity contribution < 1.29 is 0 Å². The van der Waals surface area contributed by atoms with Crippen LogP contribution in [0.3, 0.4) is 0 Å². The largest absolute Gasteiger partial charge is 0.239 e. The molecule has 2 aromatic rings. The Hall–Kier alpha value is -1.63. The van der Waals surface area contributed by atoms with Gasteiger partial charge in [-0.2, -0.15) is 0 Å². The first-order valence-electron chi connectivity index (χ1n) is 7.28. The van der Waals surface area contributed by atoms with Crippen LogP contribution in [0.15, 0.2) is 58.0 Å². The molecule has 0 saturated heterocycles. The maximum atomic E-state index is 4.76. The minimum absolute atomic E-state index is 0.826. The second kappa shape index (κ2) is 7.08. The SMILES string of the molecule is Cc1ccc(N=C(C#C[Si](C)(C)C)c2cccc(Br)c2)cc1. The lowest BCUT2D eigenvalue weighted by Gasteiger charge is -2.06. The minimum atomic E-state index is -1.45. The fourth-order valence-electron chi connectivity index (χ4n) is 1.80. The van der Waals surface area contributed by atoms with Gasteiger partial charge < -0.3 is 0 Å². The van der Waals surface area contributed by atoms with E-state index in [9.17, 15) is 0 Å². The summed E-state index contributed by atoms with van der Waals surface area (Å²) in [5, 5.41) is 0. The molecule has 2 aromatic carbocycles. The quantitative estimate of drug-likeness (QED) is 0.362. The highest BCUT2D eigenvalue weighted by Gasteiger charge is 2.09. The first-order chi connectivity index (χ1) is 10.3. The van der Waals surface area contributed by atoms with Crippen LogP contribution in [-0.2, 0) is 0 Å². The van der Waals surface area contributed by atoms with E-state index in [4.69, 9.17) is 4.99 Å². The van der Waals surface area contributed by atoms with Crippen LogP contribution in [0.2, 0.25) is 19.6 Å². The lowest BCUT2D eigenvalue weighted by atomic mass is 10.1. The zero-order valence-corrected chi connectivity index (χ0v) is 16.0. The van der Waals surface area contributed by atoms with Gasteiger partial charge in [0.1, 0.15) is 13.8 Å². The van der Waals surface area contributed by atoms with E-state index in [1.165, 1.54) is 5.56 Å². The molecule has 0 fully saturated rings. The van der Waals surface area contributed by atoms with Gasteiger partial charge in [-0.25, -0.2) is 4.99 Å². The molecular formula is C19H20BrNSi. The van der Waals surface area contributed by atoms with Crippen LogP contribution in [0.1, 0.15) is 11.1 Å². The lowest BCUT2D eigenvalue weighted by molar-refractivity contribution is 1.43. The van der Waals surface area contributed by atoms with Crippen LogP contribution >= 0.6 is 15.9 Å². The molecule has 0 unspecified atom stereocenters. The zero-order chi connectivity index (χ0) is 16.2. The minimum Gasteiger partial charge on any atom is -0.239 e. The Balaban J connectivity index is 2.49. The van der Waals surface area contributed by atoms with E-state index >= 15 is 0 Å². The van der Waals surface area contributed by atoms with Crippen LogP contribution in [0.25, 0.3) is 0 Å². The van der Waals surface area contributed by atoms with Crippen molar-refractivity contribution in [1.82, 2.24) is 0 Å². The summed E-state index contributed by atoms with van der Waals surface area (Å²) in [4.78, 5) is 4.76. The van der Waals surface area contributed by atoms with Crippen molar-refractivity contribution in [3.63, 3.8) is 0 Å². The Labute approximate surface area is 142 Å². The third-order valence-electron chi connectivity index (χ3n) is 2.93. The molecule has 0 heterocycles. The van der Waals surface area contributed by atoms with Gasteiger partial charge in [-0.3, -0.25) is 0 Å². The molecule has 0 radical (unpaired) electrons. The van der Waals surface area contributed by atoms with Gasteiger partial charge in [-0.05, 0) is 31.2 Å². The second-order valence-electron chi connectivity index (χ2n) is 6.31. The van der Waals surface area contributed by atoms with Gasteiger partial charge in [0, 0.05) is 10.0 Å². The van der Waals surface area contributed by atoms with E-state index in [0.29, 0.717) is 0 Å². The maximum Gasteiger partial charge on any atom is 0.129 e. The summed E-state index contributed by atoms with van der Waals surface area (Å²) in [5.74, 6) is 3.31. The fraction of sp³-hybridized carbons (Fsp3) is 0.211. The average molecular weight is 370 g/mol. The number of rotatable bonds is 2. The highest BCUT2D eigenvalue weighted by Crippen LogP contribution is 2.17. The normalized spacial score (nSPS) is 11.8. The summed E-state index contributed by atoms with van der Waals surface area (Å²) in [6.07, 6.45) is 0. The van der Waals surface area contributed by atoms with E-state index in [0.717, 1.165) is 21.4 Å². The van der Waals surface area contributed by atoms with E-state index in [1.54, 1.807) is 0 Å². The molecule has 0 aliphatic carbocycles. The Morgan fingerprint density at radius 3 is 2.32 bits per heavy atom. The van der Waals surface area contributed by atoms with E-state index in [-0.39, 0.29) is 0 Å². The highest BCUT2D eigenvalue weighted by atomic mass is 79.9. The van der Waals surface area contributed by atoms with Gasteiger partial charge in [-0.1, -0.05) is 71.3 Å². The molecule has 0 aliphatic rings. The predicted octanol–water partition coefficient (Wildman–Crippen LogP) is 5.76. The van der Waals surface area contributed by atoms with Crippen LogP contribution in [0, 0.1) is 18.4 Å². The van der Waals surface area contributed by atoms with Crippen LogP contribution < -0.4 is 0 Å². The summed E-state index contributed by atoms with van der Waals surface area (Å²) in [6.45, 7) is 8.80. The molecule has 0 atom stereocenters. The number of aryl methyl sites for hydroxylation is 1. The third kappa shape index (κ3) is 5.29. The molecule has 2 rings (SSSR count). The van der Waals surface area contributed by atoms with Gasteiger partial charge in [0.05, 0.1) is 5.69 Å². The third-order valence-corrected chi connectivity index (χ3v) is 4.30. The summed E-state index contributed by atoms with van der Waals surface area (Å²) in [7, 11) is -1.45. The highest BCUT2D eigenvalue weighted by molar-refractivity contribution is 9.10. The zero-order valence-electron chi connectivity index (χ0n) is 13.4. The van der Waals surface area contributed by atoms with Crippen LogP contribution in [0.4, 0.5) is 5.69 Å². The number of aliphatic imine (C=N–C) groups is 1. The van der Waals surface area contributed by atoms with Gasteiger partial charge in [0.2, 0.25) is 0 Å². The van der Waals surface area contributed by atoms with Crippen molar-refractivity contribution in [1.29, 1.82) is 0 Å². The lowest BCUT2D eigenvalue weighted by Crippen LogP contribution is -2.17. The average Bonchev–Trinajstić information content (AvgIpc) is 2.44. The standard InChI is InChI=1S/C19H20BrNSi/c1-15-8-10-18(11-9-15)21-19(12-13-22(2,3)4)16-6-5-7-17(20)14-16/h5-11,14H,1-4H3. The molecule has 0 bridgehead atoms. The van der Waals surface area contributed by atoms with Gasteiger partial charge in [0.25, 0.3) is 0 Å². The van der Waals surface area contributed by atoms with Crippen molar-refractivity contribution in [3.8, 4) is 11.5 Å². The van der Waals surface area contributed by atoms with Crippen LogP contribution in [0.5, 0.6) is 0 Å². The Morgan fingerprint density at radius 2 is 1.73 bits per heavy atom. The molecular weight excluding hydrogens is 350 g/mol. The first kappa shape index (κ1) is 16.7. The predicted molar refractivity (Wildman–Crippen MR) is 103 cm³/mol. The number of hydrogen-bond acceptors (Lipinski definition) is 1. The number of halogens is 1. The summed E-state index contributed by atoms with van der Waals surface area (Å²) in [5.41, 5.74) is 7.45. The maximum absolute atomic E-state index is 4.76. The van der Waals surface area contributed by atoms with Crippen molar-refractivity contribution in [2.75, 3.05) is 0 Å².